The quantitative estimate of drug-likeness (QED) is 0.878. The zero-order valence-corrected chi connectivity index (χ0v) is 10.2. The van der Waals surface area contributed by atoms with E-state index in [2.05, 4.69) is 0 Å². The summed E-state index contributed by atoms with van der Waals surface area (Å²) < 4.78 is 5.72. The first kappa shape index (κ1) is 11.7. The van der Waals surface area contributed by atoms with Gasteiger partial charge in [-0.3, -0.25) is 0 Å². The Morgan fingerprint density at radius 1 is 1.25 bits per heavy atom. The number of ether oxygens (including phenoxy) is 1. The Hall–Kier alpha value is -0.730. The molecule has 3 heteroatoms. The largest absolute Gasteiger partial charge is 0.492 e. The molecule has 2 nitrogen and oxygen atoms in total. The van der Waals surface area contributed by atoms with E-state index in [1.165, 1.54) is 19.3 Å². The maximum atomic E-state index is 6.29. The minimum absolute atomic E-state index is 0.138. The van der Waals surface area contributed by atoms with Crippen molar-refractivity contribution in [2.24, 2.45) is 5.73 Å². The van der Waals surface area contributed by atoms with Crippen molar-refractivity contribution in [1.82, 2.24) is 0 Å². The molecule has 0 aromatic heterocycles. The van der Waals surface area contributed by atoms with Gasteiger partial charge in [-0.15, -0.1) is 0 Å². The fourth-order valence-electron chi connectivity index (χ4n) is 2.18. The molecule has 0 radical (unpaired) electrons. The van der Waals surface area contributed by atoms with Crippen molar-refractivity contribution in [1.29, 1.82) is 0 Å². The maximum absolute atomic E-state index is 6.29. The summed E-state index contributed by atoms with van der Waals surface area (Å²) in [5, 5.41) is 0.701. The minimum atomic E-state index is -0.138. The molecule has 0 saturated heterocycles. The van der Waals surface area contributed by atoms with Crippen LogP contribution in [-0.4, -0.2) is 12.1 Å². The number of nitrogens with two attached hydrogens (primary N) is 1. The molecular formula is C13H18ClNO. The standard InChI is InChI=1S/C13H18ClNO/c14-11-5-4-6-12(9-11)16-10-13(15)7-2-1-3-8-13/h4-6,9H,1-3,7-8,10,15H2. The van der Waals surface area contributed by atoms with Gasteiger partial charge in [0.25, 0.3) is 0 Å². The zero-order valence-electron chi connectivity index (χ0n) is 9.42. The SMILES string of the molecule is NC1(COc2cccc(Cl)c2)CCCCC1. The predicted octanol–water partition coefficient (Wildman–Crippen LogP) is 3.38. The van der Waals surface area contributed by atoms with Crippen LogP contribution in [0.1, 0.15) is 32.1 Å². The second-order valence-corrected chi connectivity index (χ2v) is 5.11. The van der Waals surface area contributed by atoms with Gasteiger partial charge in [-0.1, -0.05) is 36.9 Å². The lowest BCUT2D eigenvalue weighted by atomic mass is 9.83. The van der Waals surface area contributed by atoms with E-state index in [4.69, 9.17) is 22.1 Å². The minimum Gasteiger partial charge on any atom is -0.492 e. The van der Waals surface area contributed by atoms with Crippen LogP contribution >= 0.6 is 11.6 Å². The lowest BCUT2D eigenvalue weighted by Crippen LogP contribution is -2.47. The van der Waals surface area contributed by atoms with Crippen LogP contribution < -0.4 is 10.5 Å². The molecular weight excluding hydrogens is 222 g/mol. The Kier molecular flexibility index (Phi) is 3.72. The molecule has 1 saturated carbocycles. The first-order chi connectivity index (χ1) is 7.68. The monoisotopic (exact) mass is 239 g/mol. The second kappa shape index (κ2) is 5.07. The van der Waals surface area contributed by atoms with Crippen molar-refractivity contribution in [3.05, 3.63) is 29.3 Å². The van der Waals surface area contributed by atoms with Crippen LogP contribution in [-0.2, 0) is 0 Å². The van der Waals surface area contributed by atoms with Gasteiger partial charge in [0, 0.05) is 5.02 Å². The van der Waals surface area contributed by atoms with E-state index in [0.29, 0.717) is 11.6 Å². The highest BCUT2D eigenvalue weighted by atomic mass is 35.5. The number of hydrogen-bond donors (Lipinski definition) is 1. The third-order valence-electron chi connectivity index (χ3n) is 3.17. The van der Waals surface area contributed by atoms with Crippen molar-refractivity contribution >= 4 is 11.6 Å². The lowest BCUT2D eigenvalue weighted by Gasteiger charge is -2.33. The molecule has 0 bridgehead atoms. The number of hydrogen-bond acceptors (Lipinski definition) is 2. The average Bonchev–Trinajstić information content (AvgIpc) is 2.28. The van der Waals surface area contributed by atoms with Gasteiger partial charge in [0.1, 0.15) is 12.4 Å². The normalized spacial score (nSPS) is 19.4. The highest BCUT2D eigenvalue weighted by Crippen LogP contribution is 2.27. The third-order valence-corrected chi connectivity index (χ3v) is 3.41. The smallest absolute Gasteiger partial charge is 0.120 e. The van der Waals surface area contributed by atoms with Gasteiger partial charge < -0.3 is 10.5 Å². The molecule has 1 aliphatic rings. The van der Waals surface area contributed by atoms with Gasteiger partial charge >= 0.3 is 0 Å². The highest BCUT2D eigenvalue weighted by Gasteiger charge is 2.28. The summed E-state index contributed by atoms with van der Waals surface area (Å²) in [5.41, 5.74) is 6.15. The molecule has 0 spiro atoms. The van der Waals surface area contributed by atoms with Crippen LogP contribution in [0, 0.1) is 0 Å². The van der Waals surface area contributed by atoms with Crippen LogP contribution in [0.4, 0.5) is 0 Å². The van der Waals surface area contributed by atoms with Gasteiger partial charge in [0.05, 0.1) is 5.54 Å². The summed E-state index contributed by atoms with van der Waals surface area (Å²) in [7, 11) is 0. The fraction of sp³-hybridized carbons (Fsp3) is 0.538. The highest BCUT2D eigenvalue weighted by molar-refractivity contribution is 6.30. The van der Waals surface area contributed by atoms with E-state index in [1.54, 1.807) is 0 Å². The van der Waals surface area contributed by atoms with Crippen LogP contribution in [0.5, 0.6) is 5.75 Å². The Morgan fingerprint density at radius 3 is 2.69 bits per heavy atom. The van der Waals surface area contributed by atoms with E-state index in [-0.39, 0.29) is 5.54 Å². The number of benzene rings is 1. The Labute approximate surface area is 102 Å². The Balaban J connectivity index is 1.91. The van der Waals surface area contributed by atoms with Gasteiger partial charge in [-0.05, 0) is 31.0 Å². The van der Waals surface area contributed by atoms with E-state index < -0.39 is 0 Å². The lowest BCUT2D eigenvalue weighted by molar-refractivity contribution is 0.174. The molecule has 88 valence electrons. The zero-order chi connectivity index (χ0) is 11.4. The van der Waals surface area contributed by atoms with Gasteiger partial charge in [0.2, 0.25) is 0 Å². The summed E-state index contributed by atoms with van der Waals surface area (Å²) in [6, 6.07) is 7.47. The molecule has 0 aliphatic heterocycles. The number of rotatable bonds is 3. The van der Waals surface area contributed by atoms with Gasteiger partial charge in [0.15, 0.2) is 0 Å². The summed E-state index contributed by atoms with van der Waals surface area (Å²) in [5.74, 6) is 0.808. The molecule has 0 heterocycles. The first-order valence-corrected chi connectivity index (χ1v) is 6.23. The molecule has 1 aromatic carbocycles. The molecule has 1 aromatic rings. The van der Waals surface area contributed by atoms with Crippen molar-refractivity contribution < 1.29 is 4.74 Å². The number of halogens is 1. The Bertz CT molecular complexity index is 348. The predicted molar refractivity (Wildman–Crippen MR) is 67.0 cm³/mol. The van der Waals surface area contributed by atoms with Crippen LogP contribution in [0.25, 0.3) is 0 Å². The third kappa shape index (κ3) is 3.13. The summed E-state index contributed by atoms with van der Waals surface area (Å²) in [6.45, 7) is 0.591. The fourth-order valence-corrected chi connectivity index (χ4v) is 2.36. The molecule has 1 aliphatic carbocycles. The molecule has 16 heavy (non-hydrogen) atoms. The topological polar surface area (TPSA) is 35.2 Å². The van der Waals surface area contributed by atoms with Crippen molar-refractivity contribution in [3.63, 3.8) is 0 Å². The van der Waals surface area contributed by atoms with Crippen LogP contribution in [0.2, 0.25) is 5.02 Å². The van der Waals surface area contributed by atoms with Crippen molar-refractivity contribution in [2.75, 3.05) is 6.61 Å². The average molecular weight is 240 g/mol. The van der Waals surface area contributed by atoms with Crippen molar-refractivity contribution in [3.8, 4) is 5.75 Å². The van der Waals surface area contributed by atoms with Crippen LogP contribution in [0.15, 0.2) is 24.3 Å². The van der Waals surface area contributed by atoms with Gasteiger partial charge in [-0.25, -0.2) is 0 Å². The maximum Gasteiger partial charge on any atom is 0.120 e. The molecule has 2 N–H and O–H groups in total. The molecule has 0 unspecified atom stereocenters. The van der Waals surface area contributed by atoms with Gasteiger partial charge in [-0.2, -0.15) is 0 Å². The summed E-state index contributed by atoms with van der Waals surface area (Å²) in [6.07, 6.45) is 5.86. The van der Waals surface area contributed by atoms with E-state index >= 15 is 0 Å². The Morgan fingerprint density at radius 2 is 2.00 bits per heavy atom. The molecule has 0 amide bonds. The van der Waals surface area contributed by atoms with E-state index in [1.807, 2.05) is 24.3 Å². The second-order valence-electron chi connectivity index (χ2n) is 4.67. The summed E-state index contributed by atoms with van der Waals surface area (Å²) >= 11 is 5.89. The van der Waals surface area contributed by atoms with E-state index in [0.717, 1.165) is 18.6 Å². The van der Waals surface area contributed by atoms with Crippen molar-refractivity contribution in [2.45, 2.75) is 37.6 Å². The molecule has 1 fully saturated rings. The van der Waals surface area contributed by atoms with E-state index in [9.17, 15) is 0 Å². The van der Waals surface area contributed by atoms with Crippen LogP contribution in [0.3, 0.4) is 0 Å². The molecule has 2 rings (SSSR count). The summed E-state index contributed by atoms with van der Waals surface area (Å²) in [4.78, 5) is 0. The molecule has 0 atom stereocenters. The first-order valence-electron chi connectivity index (χ1n) is 5.85.